The normalized spacial score (nSPS) is 15.2. The van der Waals surface area contributed by atoms with Gasteiger partial charge in [0.15, 0.2) is 11.5 Å². The molecule has 0 spiro atoms. The predicted octanol–water partition coefficient (Wildman–Crippen LogP) is 4.55. The van der Waals surface area contributed by atoms with Gasteiger partial charge in [-0.25, -0.2) is 4.39 Å². The zero-order chi connectivity index (χ0) is 29.2. The Morgan fingerprint density at radius 2 is 1.90 bits per heavy atom. The second-order valence-corrected chi connectivity index (χ2v) is 10.1. The first-order chi connectivity index (χ1) is 19.9. The Balaban J connectivity index is 1.28. The Kier molecular flexibility index (Phi) is 10.6. The number of carbonyl (C=O) groups excluding carboxylic acids is 1. The monoisotopic (exact) mass is 576 g/mol. The zero-order valence-corrected chi connectivity index (χ0v) is 23.6. The number of rotatable bonds is 11. The average molecular weight is 577 g/mol. The number of aliphatic hydroxyl groups excluding tert-OH is 2. The summed E-state index contributed by atoms with van der Waals surface area (Å²) in [6, 6.07) is 17.7. The van der Waals surface area contributed by atoms with Crippen LogP contribution in [0.5, 0.6) is 0 Å². The van der Waals surface area contributed by atoms with Crippen molar-refractivity contribution in [3.63, 3.8) is 0 Å². The fourth-order valence-corrected chi connectivity index (χ4v) is 4.93. The molecule has 1 unspecified atom stereocenters. The smallest absolute Gasteiger partial charge is 0.281 e. The van der Waals surface area contributed by atoms with E-state index in [0.717, 1.165) is 5.56 Å². The van der Waals surface area contributed by atoms with Gasteiger partial charge in [-0.1, -0.05) is 49.0 Å². The van der Waals surface area contributed by atoms with E-state index in [-0.39, 0.29) is 22.9 Å². The summed E-state index contributed by atoms with van der Waals surface area (Å²) in [5.74, 6) is 0.329. The van der Waals surface area contributed by atoms with Crippen molar-refractivity contribution in [2.75, 3.05) is 37.6 Å². The van der Waals surface area contributed by atoms with Gasteiger partial charge in [0, 0.05) is 44.0 Å². The van der Waals surface area contributed by atoms with Crippen molar-refractivity contribution < 1.29 is 19.4 Å². The van der Waals surface area contributed by atoms with Crippen molar-refractivity contribution in [1.29, 1.82) is 0 Å². The molecule has 1 atom stereocenters. The number of benzene rings is 2. The summed E-state index contributed by atoms with van der Waals surface area (Å²) >= 11 is 1.30. The van der Waals surface area contributed by atoms with Gasteiger partial charge < -0.3 is 15.1 Å². The number of hydrogen-bond donors (Lipinski definition) is 3. The fourth-order valence-electron chi connectivity index (χ4n) is 4.26. The van der Waals surface area contributed by atoms with Crippen molar-refractivity contribution >= 4 is 35.5 Å². The van der Waals surface area contributed by atoms with Crippen LogP contribution in [0, 0.1) is 5.82 Å². The van der Waals surface area contributed by atoms with Gasteiger partial charge >= 0.3 is 0 Å². The zero-order valence-electron chi connectivity index (χ0n) is 22.8. The minimum Gasteiger partial charge on any atom is -0.506 e. The Labute approximate surface area is 243 Å². The van der Waals surface area contributed by atoms with Crippen molar-refractivity contribution in [1.82, 2.24) is 19.8 Å². The second kappa shape index (κ2) is 14.5. The highest BCUT2D eigenvalue weighted by Crippen LogP contribution is 2.26. The van der Waals surface area contributed by atoms with E-state index in [2.05, 4.69) is 26.5 Å². The Bertz CT molecular complexity index is 1390. The minimum absolute atomic E-state index is 0.112. The highest BCUT2D eigenvalue weighted by atomic mass is 32.2. The van der Waals surface area contributed by atoms with Gasteiger partial charge in [-0.2, -0.15) is 0 Å². The third-order valence-electron chi connectivity index (χ3n) is 6.48. The molecule has 1 amide bonds. The molecule has 1 saturated heterocycles. The number of anilines is 1. The SMILES string of the molecule is C=C(/C=C(O)\C=N\CC)c1ccc(C(O)N2CCN(c3ccc(C(=O)NSCc4ccccc4)nn3)CC2)cc1F. The quantitative estimate of drug-likeness (QED) is 0.132. The number of nitrogens with one attached hydrogen (secondary N) is 1. The van der Waals surface area contributed by atoms with Gasteiger partial charge in [0.05, 0.1) is 6.21 Å². The van der Waals surface area contributed by atoms with Crippen molar-refractivity contribution in [2.24, 2.45) is 4.99 Å². The molecule has 4 rings (SSSR count). The van der Waals surface area contributed by atoms with Gasteiger partial charge in [0.25, 0.3) is 5.91 Å². The lowest BCUT2D eigenvalue weighted by atomic mass is 10.0. The maximum Gasteiger partial charge on any atom is 0.281 e. The van der Waals surface area contributed by atoms with Crippen molar-refractivity contribution in [3.8, 4) is 0 Å². The standard InChI is InChI=1S/C30H33FN6O3S/c1-3-32-19-24(38)17-21(2)25-10-9-23(18-26(25)31)30(40)37-15-13-36(14-16-37)28-12-11-27(33-34-28)29(39)35-41-20-22-7-5-4-6-8-22/h4-12,17-19,30,38,40H,2-3,13-16,20H2,1H3,(H,35,39)/b24-17+,32-19+. The van der Waals surface area contributed by atoms with Gasteiger partial charge in [0.2, 0.25) is 0 Å². The molecule has 2 heterocycles. The van der Waals surface area contributed by atoms with Crippen LogP contribution in [-0.2, 0) is 5.75 Å². The fraction of sp³-hybridized carbons (Fsp3) is 0.267. The first-order valence-electron chi connectivity index (χ1n) is 13.2. The number of amides is 1. The average Bonchev–Trinajstić information content (AvgIpc) is 3.00. The summed E-state index contributed by atoms with van der Waals surface area (Å²) in [6.07, 6.45) is 1.66. The Morgan fingerprint density at radius 1 is 1.15 bits per heavy atom. The summed E-state index contributed by atoms with van der Waals surface area (Å²) in [7, 11) is 0. The largest absolute Gasteiger partial charge is 0.506 e. The third-order valence-corrected chi connectivity index (χ3v) is 7.29. The van der Waals surface area contributed by atoms with Gasteiger partial charge in [0.1, 0.15) is 17.8 Å². The summed E-state index contributed by atoms with van der Waals surface area (Å²) in [4.78, 5) is 20.2. The molecule has 3 aromatic rings. The van der Waals surface area contributed by atoms with Crippen molar-refractivity contribution in [3.05, 3.63) is 107 Å². The molecule has 214 valence electrons. The third kappa shape index (κ3) is 8.23. The predicted molar refractivity (Wildman–Crippen MR) is 161 cm³/mol. The second-order valence-electron chi connectivity index (χ2n) is 9.34. The van der Waals surface area contributed by atoms with E-state index in [0.29, 0.717) is 55.4 Å². The maximum atomic E-state index is 14.9. The number of hydrogen-bond acceptors (Lipinski definition) is 9. The van der Waals surface area contributed by atoms with Crippen LogP contribution in [0.1, 0.15) is 40.3 Å². The molecule has 41 heavy (non-hydrogen) atoms. The molecule has 0 aliphatic carbocycles. The highest BCUT2D eigenvalue weighted by molar-refractivity contribution is 7.97. The lowest BCUT2D eigenvalue weighted by Gasteiger charge is -2.37. The molecule has 0 bridgehead atoms. The summed E-state index contributed by atoms with van der Waals surface area (Å²) in [5, 5.41) is 29.1. The first kappa shape index (κ1) is 29.9. The van der Waals surface area contributed by atoms with E-state index in [9.17, 15) is 19.4 Å². The molecular formula is C30H33FN6O3S. The summed E-state index contributed by atoms with van der Waals surface area (Å²) < 4.78 is 17.6. The van der Waals surface area contributed by atoms with E-state index in [1.807, 2.05) is 47.1 Å². The van der Waals surface area contributed by atoms with Gasteiger partial charge in [-0.3, -0.25) is 19.4 Å². The van der Waals surface area contributed by atoms with Crippen LogP contribution in [0.4, 0.5) is 10.2 Å². The molecule has 1 fully saturated rings. The van der Waals surface area contributed by atoms with E-state index in [4.69, 9.17) is 0 Å². The number of aliphatic hydroxyl groups is 2. The van der Waals surface area contributed by atoms with Crippen LogP contribution in [0.2, 0.25) is 0 Å². The minimum atomic E-state index is -0.986. The lowest BCUT2D eigenvalue weighted by Crippen LogP contribution is -2.48. The molecule has 2 aromatic carbocycles. The van der Waals surface area contributed by atoms with Crippen molar-refractivity contribution in [2.45, 2.75) is 18.9 Å². The number of nitrogens with zero attached hydrogens (tertiary/aromatic N) is 5. The number of allylic oxidation sites excluding steroid dienone is 3. The van der Waals surface area contributed by atoms with E-state index in [1.54, 1.807) is 24.3 Å². The Morgan fingerprint density at radius 3 is 2.56 bits per heavy atom. The van der Waals surface area contributed by atoms with E-state index >= 15 is 0 Å². The molecule has 1 aliphatic rings. The molecule has 3 N–H and O–H groups in total. The summed E-state index contributed by atoms with van der Waals surface area (Å²) in [6.45, 7) is 8.37. The topological polar surface area (TPSA) is 114 Å². The molecular weight excluding hydrogens is 543 g/mol. The van der Waals surface area contributed by atoms with Gasteiger partial charge in [-0.05, 0) is 59.8 Å². The van der Waals surface area contributed by atoms with Crippen LogP contribution in [0.3, 0.4) is 0 Å². The molecule has 11 heteroatoms. The number of aromatic nitrogens is 2. The Hall–Kier alpha value is -4.06. The molecule has 9 nitrogen and oxygen atoms in total. The molecule has 1 aromatic heterocycles. The van der Waals surface area contributed by atoms with E-state index in [1.165, 1.54) is 30.3 Å². The van der Waals surface area contributed by atoms with Crippen LogP contribution < -0.4 is 9.62 Å². The van der Waals surface area contributed by atoms with Crippen LogP contribution >= 0.6 is 11.9 Å². The lowest BCUT2D eigenvalue weighted by molar-refractivity contribution is -0.00191. The number of halogens is 1. The van der Waals surface area contributed by atoms with E-state index < -0.39 is 12.0 Å². The molecule has 1 aliphatic heterocycles. The number of carbonyl (C=O) groups is 1. The molecule has 0 radical (unpaired) electrons. The van der Waals surface area contributed by atoms with Crippen LogP contribution in [0.25, 0.3) is 5.57 Å². The number of piperazine rings is 1. The number of aliphatic imine (C=N–C) groups is 1. The van der Waals surface area contributed by atoms with Crippen LogP contribution in [-0.4, -0.2) is 70.2 Å². The first-order valence-corrected chi connectivity index (χ1v) is 14.2. The van der Waals surface area contributed by atoms with Crippen LogP contribution in [0.15, 0.2) is 84.1 Å². The van der Waals surface area contributed by atoms with Gasteiger partial charge in [-0.15, -0.1) is 10.2 Å². The highest BCUT2D eigenvalue weighted by Gasteiger charge is 2.25. The maximum absolute atomic E-state index is 14.9. The molecule has 0 saturated carbocycles. The summed E-state index contributed by atoms with van der Waals surface area (Å²) in [5.41, 5.74) is 2.30.